The molecule has 2 bridgehead atoms. The first kappa shape index (κ1) is 17.7. The van der Waals surface area contributed by atoms with E-state index in [0.29, 0.717) is 18.4 Å². The fourth-order valence-corrected chi connectivity index (χ4v) is 7.37. The van der Waals surface area contributed by atoms with Gasteiger partial charge in [-0.15, -0.1) is 0 Å². The Morgan fingerprint density at radius 1 is 1.08 bits per heavy atom. The van der Waals surface area contributed by atoms with Gasteiger partial charge in [0.2, 0.25) is 0 Å². The molecule has 0 aromatic carbocycles. The molecule has 9 atom stereocenters. The molecule has 0 amide bonds. The molecule has 4 aliphatic rings. The average Bonchev–Trinajstić information content (AvgIpc) is 2.65. The van der Waals surface area contributed by atoms with Crippen molar-refractivity contribution in [3.05, 3.63) is 12.2 Å². The van der Waals surface area contributed by atoms with Crippen molar-refractivity contribution in [2.75, 3.05) is 0 Å². The number of carbonyl (C=O) groups is 1. The maximum atomic E-state index is 13.1. The smallest absolute Gasteiger partial charge is 0.139 e. The van der Waals surface area contributed by atoms with Gasteiger partial charge in [0, 0.05) is 23.7 Å². The quantitative estimate of drug-likeness (QED) is 0.489. The van der Waals surface area contributed by atoms with Crippen LogP contribution in [0.1, 0.15) is 46.5 Å². The summed E-state index contributed by atoms with van der Waals surface area (Å²) in [6, 6.07) is 0. The molecular weight excluding hydrogens is 320 g/mol. The van der Waals surface area contributed by atoms with Gasteiger partial charge in [-0.3, -0.25) is 4.79 Å². The minimum atomic E-state index is -1.30. The van der Waals surface area contributed by atoms with Crippen LogP contribution in [0.2, 0.25) is 0 Å². The number of ketones is 1. The van der Waals surface area contributed by atoms with E-state index in [1.54, 1.807) is 0 Å². The zero-order valence-corrected chi connectivity index (χ0v) is 15.3. The lowest BCUT2D eigenvalue weighted by atomic mass is 9.39. The van der Waals surface area contributed by atoms with Crippen molar-refractivity contribution in [2.45, 2.75) is 70.9 Å². The summed E-state index contributed by atoms with van der Waals surface area (Å²) in [7, 11) is 0. The second kappa shape index (κ2) is 4.94. The second-order valence-electron chi connectivity index (χ2n) is 9.81. The number of aliphatic hydroxyl groups is 4. The SMILES string of the molecule is C=C1C2CC(O)C3C4(C)C(=O)CCC(C)(C)C4CC(O)C3(C1O)C2O. The topological polar surface area (TPSA) is 98.0 Å². The monoisotopic (exact) mass is 350 g/mol. The number of aliphatic hydroxyl groups excluding tert-OH is 4. The lowest BCUT2D eigenvalue weighted by molar-refractivity contribution is -0.266. The molecule has 4 N–H and O–H groups in total. The zero-order valence-electron chi connectivity index (χ0n) is 15.3. The molecule has 0 heterocycles. The van der Waals surface area contributed by atoms with E-state index in [0.717, 1.165) is 6.42 Å². The highest BCUT2D eigenvalue weighted by Crippen LogP contribution is 2.71. The normalized spacial score (nSPS) is 57.2. The number of rotatable bonds is 0. The van der Waals surface area contributed by atoms with Gasteiger partial charge in [0.25, 0.3) is 0 Å². The third kappa shape index (κ3) is 1.76. The molecule has 5 heteroatoms. The zero-order chi connectivity index (χ0) is 18.5. The highest BCUT2D eigenvalue weighted by Gasteiger charge is 2.76. The van der Waals surface area contributed by atoms with E-state index in [9.17, 15) is 25.2 Å². The van der Waals surface area contributed by atoms with Crippen LogP contribution in [0.15, 0.2) is 12.2 Å². The average molecular weight is 350 g/mol. The molecule has 4 saturated carbocycles. The van der Waals surface area contributed by atoms with Crippen molar-refractivity contribution in [1.29, 1.82) is 0 Å². The van der Waals surface area contributed by atoms with E-state index < -0.39 is 47.1 Å². The molecule has 25 heavy (non-hydrogen) atoms. The Labute approximate surface area is 148 Å². The summed E-state index contributed by atoms with van der Waals surface area (Å²) in [4.78, 5) is 13.1. The molecule has 4 aliphatic carbocycles. The molecule has 0 radical (unpaired) electrons. The van der Waals surface area contributed by atoms with Gasteiger partial charge >= 0.3 is 0 Å². The first-order chi connectivity index (χ1) is 11.5. The van der Waals surface area contributed by atoms with E-state index in [2.05, 4.69) is 20.4 Å². The standard InChI is InChI=1S/C20H30O5/c1-9-10-7-11(21)15-19(4)12(18(2,3)6-5-13(19)22)8-14(23)20(15,16(9)24)17(10)25/h10-12,14-17,21,23-25H,1,5-8H2,2-4H3. The Bertz CT molecular complexity index is 642. The second-order valence-corrected chi connectivity index (χ2v) is 9.81. The van der Waals surface area contributed by atoms with Crippen LogP contribution < -0.4 is 0 Å². The Morgan fingerprint density at radius 3 is 2.36 bits per heavy atom. The summed E-state index contributed by atoms with van der Waals surface area (Å²) in [5.74, 6) is -1.10. The lowest BCUT2D eigenvalue weighted by Crippen LogP contribution is -2.72. The number of Topliss-reactive ketones (excluding diaryl/α,β-unsaturated/α-hetero) is 1. The van der Waals surface area contributed by atoms with Crippen LogP contribution >= 0.6 is 0 Å². The highest BCUT2D eigenvalue weighted by atomic mass is 16.3. The minimum absolute atomic E-state index is 0.0857. The molecule has 0 aliphatic heterocycles. The van der Waals surface area contributed by atoms with E-state index >= 15 is 0 Å². The van der Waals surface area contributed by atoms with Gasteiger partial charge in [-0.25, -0.2) is 0 Å². The van der Waals surface area contributed by atoms with E-state index in [-0.39, 0.29) is 23.5 Å². The number of hydrogen-bond donors (Lipinski definition) is 4. The van der Waals surface area contributed by atoms with Crippen molar-refractivity contribution in [3.8, 4) is 0 Å². The Balaban J connectivity index is 1.95. The molecule has 140 valence electrons. The number of carbonyl (C=O) groups excluding carboxylic acids is 1. The summed E-state index contributed by atoms with van der Waals surface area (Å²) in [6.07, 6.45) is -2.06. The molecule has 4 fully saturated rings. The summed E-state index contributed by atoms with van der Waals surface area (Å²) in [6.45, 7) is 10.1. The summed E-state index contributed by atoms with van der Waals surface area (Å²) in [5, 5.41) is 44.2. The lowest BCUT2D eigenvalue weighted by Gasteiger charge is -2.66. The molecule has 5 nitrogen and oxygen atoms in total. The van der Waals surface area contributed by atoms with Crippen LogP contribution in [0.4, 0.5) is 0 Å². The van der Waals surface area contributed by atoms with Gasteiger partial charge < -0.3 is 20.4 Å². The van der Waals surface area contributed by atoms with E-state index in [4.69, 9.17) is 0 Å². The van der Waals surface area contributed by atoms with Crippen molar-refractivity contribution < 1.29 is 25.2 Å². The van der Waals surface area contributed by atoms with Crippen LogP contribution in [0.5, 0.6) is 0 Å². The van der Waals surface area contributed by atoms with Gasteiger partial charge in [0.1, 0.15) is 5.78 Å². The van der Waals surface area contributed by atoms with Crippen LogP contribution in [-0.2, 0) is 4.79 Å². The van der Waals surface area contributed by atoms with Crippen LogP contribution in [-0.4, -0.2) is 50.6 Å². The van der Waals surface area contributed by atoms with E-state index in [1.807, 2.05) is 6.92 Å². The van der Waals surface area contributed by atoms with Crippen molar-refractivity contribution >= 4 is 5.78 Å². The first-order valence-corrected chi connectivity index (χ1v) is 9.45. The molecule has 0 aromatic heterocycles. The van der Waals surface area contributed by atoms with Gasteiger partial charge in [-0.05, 0) is 36.2 Å². The molecular formula is C20H30O5. The third-order valence-corrected chi connectivity index (χ3v) is 8.56. The Morgan fingerprint density at radius 2 is 1.72 bits per heavy atom. The first-order valence-electron chi connectivity index (χ1n) is 9.45. The van der Waals surface area contributed by atoms with Crippen molar-refractivity contribution in [1.82, 2.24) is 0 Å². The maximum absolute atomic E-state index is 13.1. The van der Waals surface area contributed by atoms with Crippen molar-refractivity contribution in [2.24, 2.45) is 34.0 Å². The van der Waals surface area contributed by atoms with Gasteiger partial charge in [-0.1, -0.05) is 27.4 Å². The fraction of sp³-hybridized carbons (Fsp3) is 0.850. The van der Waals surface area contributed by atoms with Gasteiger partial charge in [-0.2, -0.15) is 0 Å². The predicted octanol–water partition coefficient (Wildman–Crippen LogP) is 1.04. The third-order valence-electron chi connectivity index (χ3n) is 8.56. The molecule has 0 saturated heterocycles. The van der Waals surface area contributed by atoms with Crippen LogP contribution in [0.3, 0.4) is 0 Å². The predicted molar refractivity (Wildman–Crippen MR) is 91.4 cm³/mol. The molecule has 4 rings (SSSR count). The Hall–Kier alpha value is -0.750. The maximum Gasteiger partial charge on any atom is 0.139 e. The van der Waals surface area contributed by atoms with Crippen LogP contribution in [0, 0.1) is 34.0 Å². The molecule has 9 unspecified atom stereocenters. The van der Waals surface area contributed by atoms with Crippen LogP contribution in [0.25, 0.3) is 0 Å². The van der Waals surface area contributed by atoms with Gasteiger partial charge in [0.05, 0.1) is 29.8 Å². The van der Waals surface area contributed by atoms with Gasteiger partial charge in [0.15, 0.2) is 0 Å². The van der Waals surface area contributed by atoms with E-state index in [1.165, 1.54) is 0 Å². The van der Waals surface area contributed by atoms with Crippen molar-refractivity contribution in [3.63, 3.8) is 0 Å². The summed E-state index contributed by atoms with van der Waals surface area (Å²) >= 11 is 0. The summed E-state index contributed by atoms with van der Waals surface area (Å²) < 4.78 is 0. The number of fused-ring (bicyclic) bond motifs is 3. The molecule has 0 aromatic rings. The molecule has 1 spiro atoms. The number of hydrogen-bond acceptors (Lipinski definition) is 5. The summed E-state index contributed by atoms with van der Waals surface area (Å²) in [5.41, 5.74) is -1.82. The highest BCUT2D eigenvalue weighted by molar-refractivity contribution is 5.87. The Kier molecular flexibility index (Phi) is 3.49. The fourth-order valence-electron chi connectivity index (χ4n) is 7.37. The largest absolute Gasteiger partial charge is 0.393 e. The minimum Gasteiger partial charge on any atom is -0.393 e.